The van der Waals surface area contributed by atoms with E-state index < -0.39 is 0 Å². The van der Waals surface area contributed by atoms with Gasteiger partial charge in [0.1, 0.15) is 12.4 Å². The summed E-state index contributed by atoms with van der Waals surface area (Å²) in [6.07, 6.45) is 5.54. The second-order valence-electron chi connectivity index (χ2n) is 7.11. The summed E-state index contributed by atoms with van der Waals surface area (Å²) in [5, 5.41) is 0. The maximum Gasteiger partial charge on any atom is 0.138 e. The number of hydrogen-bond acceptors (Lipinski definition) is 4. The van der Waals surface area contributed by atoms with Crippen LogP contribution >= 0.6 is 0 Å². The molecule has 0 bridgehead atoms. The molecule has 0 amide bonds. The molecule has 27 heavy (non-hydrogen) atoms. The molecular weight excluding hydrogens is 336 g/mol. The van der Waals surface area contributed by atoms with Crippen LogP contribution in [-0.2, 0) is 18.0 Å². The monoisotopic (exact) mass is 360 g/mol. The SMILES string of the molecule is CC1C(COCc2ccccn2)C1c1cncc(OCc2ccccc2)c1. The van der Waals surface area contributed by atoms with E-state index >= 15 is 0 Å². The molecule has 1 aromatic carbocycles. The zero-order chi connectivity index (χ0) is 18.5. The topological polar surface area (TPSA) is 44.2 Å². The van der Waals surface area contributed by atoms with Crippen LogP contribution in [0.15, 0.2) is 73.2 Å². The number of benzene rings is 1. The van der Waals surface area contributed by atoms with Crippen molar-refractivity contribution in [3.8, 4) is 5.75 Å². The van der Waals surface area contributed by atoms with E-state index in [2.05, 4.69) is 35.1 Å². The fourth-order valence-corrected chi connectivity index (χ4v) is 3.57. The highest BCUT2D eigenvalue weighted by atomic mass is 16.5. The summed E-state index contributed by atoms with van der Waals surface area (Å²) in [5.41, 5.74) is 3.36. The minimum absolute atomic E-state index is 0.488. The number of ether oxygens (including phenoxy) is 2. The molecule has 3 aromatic rings. The van der Waals surface area contributed by atoms with E-state index in [0.29, 0.717) is 31.0 Å². The molecule has 0 spiro atoms. The van der Waals surface area contributed by atoms with Crippen LogP contribution in [0, 0.1) is 11.8 Å². The number of rotatable bonds is 8. The summed E-state index contributed by atoms with van der Waals surface area (Å²) in [7, 11) is 0. The highest BCUT2D eigenvalue weighted by Crippen LogP contribution is 2.54. The van der Waals surface area contributed by atoms with Crippen molar-refractivity contribution in [2.75, 3.05) is 6.61 Å². The molecule has 0 aliphatic heterocycles. The fraction of sp³-hybridized carbons (Fsp3) is 0.304. The van der Waals surface area contributed by atoms with Crippen molar-refractivity contribution in [2.24, 2.45) is 11.8 Å². The minimum atomic E-state index is 0.488. The van der Waals surface area contributed by atoms with Gasteiger partial charge in [0.05, 0.1) is 25.1 Å². The smallest absolute Gasteiger partial charge is 0.138 e. The Morgan fingerprint density at radius 3 is 2.63 bits per heavy atom. The van der Waals surface area contributed by atoms with Crippen LogP contribution in [0.2, 0.25) is 0 Å². The summed E-state index contributed by atoms with van der Waals surface area (Å²) in [6, 6.07) is 18.2. The fourth-order valence-electron chi connectivity index (χ4n) is 3.57. The molecule has 0 radical (unpaired) electrons. The van der Waals surface area contributed by atoms with E-state index in [4.69, 9.17) is 9.47 Å². The maximum absolute atomic E-state index is 5.92. The maximum atomic E-state index is 5.92. The number of nitrogens with zero attached hydrogens (tertiary/aromatic N) is 2. The zero-order valence-corrected chi connectivity index (χ0v) is 15.5. The summed E-state index contributed by atoms with van der Waals surface area (Å²) < 4.78 is 11.8. The molecule has 1 aliphatic rings. The van der Waals surface area contributed by atoms with Crippen molar-refractivity contribution in [3.63, 3.8) is 0 Å². The minimum Gasteiger partial charge on any atom is -0.487 e. The van der Waals surface area contributed by atoms with Crippen LogP contribution < -0.4 is 4.74 Å². The van der Waals surface area contributed by atoms with Gasteiger partial charge >= 0.3 is 0 Å². The van der Waals surface area contributed by atoms with E-state index in [1.54, 1.807) is 12.4 Å². The Hall–Kier alpha value is -2.72. The lowest BCUT2D eigenvalue weighted by molar-refractivity contribution is 0.105. The second-order valence-corrected chi connectivity index (χ2v) is 7.11. The molecule has 3 unspecified atom stereocenters. The first-order chi connectivity index (χ1) is 13.3. The molecule has 0 N–H and O–H groups in total. The van der Waals surface area contributed by atoms with Gasteiger partial charge in [-0.25, -0.2) is 0 Å². The molecule has 1 aliphatic carbocycles. The van der Waals surface area contributed by atoms with Crippen molar-refractivity contribution in [1.82, 2.24) is 9.97 Å². The van der Waals surface area contributed by atoms with Gasteiger partial charge in [0.15, 0.2) is 0 Å². The number of pyridine rings is 2. The van der Waals surface area contributed by atoms with E-state index in [1.807, 2.05) is 42.6 Å². The summed E-state index contributed by atoms with van der Waals surface area (Å²) >= 11 is 0. The normalized spacial score (nSPS) is 21.0. The standard InChI is InChI=1S/C23H24N2O2/c1-17-22(16-26-15-20-9-5-6-10-25-20)23(17)19-11-21(13-24-12-19)27-14-18-7-3-2-4-8-18/h2-13,17,22-23H,14-16H2,1H3. The Balaban J connectivity index is 1.31. The Kier molecular flexibility index (Phi) is 5.45. The molecule has 4 rings (SSSR count). The third kappa shape index (κ3) is 4.52. The van der Waals surface area contributed by atoms with Crippen molar-refractivity contribution in [3.05, 3.63) is 90.0 Å². The Labute approximate surface area is 160 Å². The first-order valence-electron chi connectivity index (χ1n) is 9.40. The van der Waals surface area contributed by atoms with Gasteiger partial charge in [-0.3, -0.25) is 9.97 Å². The van der Waals surface area contributed by atoms with Gasteiger partial charge < -0.3 is 9.47 Å². The summed E-state index contributed by atoms with van der Waals surface area (Å²) in [5.74, 6) is 2.44. The number of hydrogen-bond donors (Lipinski definition) is 0. The molecular formula is C23H24N2O2. The predicted octanol–water partition coefficient (Wildman–Crippen LogP) is 4.62. The quantitative estimate of drug-likeness (QED) is 0.588. The molecule has 3 atom stereocenters. The van der Waals surface area contributed by atoms with Gasteiger partial charge in [-0.05, 0) is 47.1 Å². The third-order valence-electron chi connectivity index (χ3n) is 5.22. The average molecular weight is 360 g/mol. The van der Waals surface area contributed by atoms with Crippen LogP contribution in [-0.4, -0.2) is 16.6 Å². The predicted molar refractivity (Wildman–Crippen MR) is 104 cm³/mol. The molecule has 2 heterocycles. The third-order valence-corrected chi connectivity index (χ3v) is 5.22. The van der Waals surface area contributed by atoms with Crippen LogP contribution in [0.1, 0.15) is 29.7 Å². The Morgan fingerprint density at radius 2 is 1.81 bits per heavy atom. The van der Waals surface area contributed by atoms with Crippen LogP contribution in [0.3, 0.4) is 0 Å². The highest BCUT2D eigenvalue weighted by molar-refractivity contribution is 5.32. The largest absolute Gasteiger partial charge is 0.487 e. The van der Waals surface area contributed by atoms with Crippen LogP contribution in [0.25, 0.3) is 0 Å². The zero-order valence-electron chi connectivity index (χ0n) is 15.5. The molecule has 4 heteroatoms. The van der Waals surface area contributed by atoms with E-state index in [-0.39, 0.29) is 0 Å². The lowest BCUT2D eigenvalue weighted by Gasteiger charge is -2.08. The van der Waals surface area contributed by atoms with Gasteiger partial charge in [-0.15, -0.1) is 0 Å². The van der Waals surface area contributed by atoms with E-state index in [0.717, 1.165) is 23.6 Å². The van der Waals surface area contributed by atoms with Gasteiger partial charge in [0, 0.05) is 12.4 Å². The summed E-state index contributed by atoms with van der Waals surface area (Å²) in [6.45, 7) is 4.15. The molecule has 4 nitrogen and oxygen atoms in total. The average Bonchev–Trinajstić information content (AvgIpc) is 3.37. The molecule has 2 aromatic heterocycles. The molecule has 1 fully saturated rings. The highest BCUT2D eigenvalue weighted by Gasteiger charge is 2.47. The van der Waals surface area contributed by atoms with E-state index in [9.17, 15) is 0 Å². The second kappa shape index (κ2) is 8.31. The van der Waals surface area contributed by atoms with Crippen LogP contribution in [0.4, 0.5) is 0 Å². The van der Waals surface area contributed by atoms with Crippen molar-refractivity contribution in [2.45, 2.75) is 26.1 Å². The lowest BCUT2D eigenvalue weighted by atomic mass is 10.1. The summed E-state index contributed by atoms with van der Waals surface area (Å²) in [4.78, 5) is 8.68. The van der Waals surface area contributed by atoms with Gasteiger partial charge in [-0.1, -0.05) is 43.3 Å². The Bertz CT molecular complexity index is 855. The lowest BCUT2D eigenvalue weighted by Crippen LogP contribution is -2.01. The first-order valence-corrected chi connectivity index (χ1v) is 9.40. The van der Waals surface area contributed by atoms with Crippen molar-refractivity contribution < 1.29 is 9.47 Å². The first kappa shape index (κ1) is 17.7. The molecule has 0 saturated heterocycles. The molecule has 1 saturated carbocycles. The van der Waals surface area contributed by atoms with E-state index in [1.165, 1.54) is 5.56 Å². The van der Waals surface area contributed by atoms with Gasteiger partial charge in [0.2, 0.25) is 0 Å². The van der Waals surface area contributed by atoms with Gasteiger partial charge in [0.25, 0.3) is 0 Å². The number of aromatic nitrogens is 2. The van der Waals surface area contributed by atoms with Gasteiger partial charge in [-0.2, -0.15) is 0 Å². The van der Waals surface area contributed by atoms with Crippen molar-refractivity contribution in [1.29, 1.82) is 0 Å². The van der Waals surface area contributed by atoms with Crippen LogP contribution in [0.5, 0.6) is 5.75 Å². The molecule has 138 valence electrons. The van der Waals surface area contributed by atoms with Crippen molar-refractivity contribution >= 4 is 0 Å². The Morgan fingerprint density at radius 1 is 0.963 bits per heavy atom.